The molecule has 2 N–H and O–H groups in total. The zero-order chi connectivity index (χ0) is 9.90. The molecule has 1 rings (SSSR count). The number of aliphatic hydroxyl groups is 1. The molecule has 0 unspecified atom stereocenters. The SMILES string of the molecule is C[C@@H](O)C(=O)NC1(C)CCCCC1. The van der Waals surface area contributed by atoms with E-state index < -0.39 is 6.10 Å². The van der Waals surface area contributed by atoms with Crippen molar-refractivity contribution in [2.24, 2.45) is 0 Å². The van der Waals surface area contributed by atoms with Gasteiger partial charge in [-0.2, -0.15) is 0 Å². The van der Waals surface area contributed by atoms with Crippen LogP contribution in [0.5, 0.6) is 0 Å². The molecule has 1 saturated carbocycles. The number of amides is 1. The molecule has 0 aromatic carbocycles. The van der Waals surface area contributed by atoms with Crippen molar-refractivity contribution in [1.29, 1.82) is 0 Å². The van der Waals surface area contributed by atoms with Crippen LogP contribution in [0.2, 0.25) is 0 Å². The third kappa shape index (κ3) is 2.99. The first-order valence-electron chi connectivity index (χ1n) is 5.04. The summed E-state index contributed by atoms with van der Waals surface area (Å²) in [6.45, 7) is 3.56. The van der Waals surface area contributed by atoms with Crippen LogP contribution in [0.4, 0.5) is 0 Å². The summed E-state index contributed by atoms with van der Waals surface area (Å²) < 4.78 is 0. The van der Waals surface area contributed by atoms with Crippen LogP contribution >= 0.6 is 0 Å². The Morgan fingerprint density at radius 3 is 2.38 bits per heavy atom. The van der Waals surface area contributed by atoms with Crippen LogP contribution in [0.15, 0.2) is 0 Å². The van der Waals surface area contributed by atoms with Crippen LogP contribution in [0.25, 0.3) is 0 Å². The lowest BCUT2D eigenvalue weighted by Gasteiger charge is -2.34. The van der Waals surface area contributed by atoms with Crippen LogP contribution in [-0.2, 0) is 4.79 Å². The van der Waals surface area contributed by atoms with E-state index in [0.717, 1.165) is 12.8 Å². The van der Waals surface area contributed by atoms with Crippen LogP contribution in [-0.4, -0.2) is 22.7 Å². The first-order chi connectivity index (χ1) is 6.03. The first kappa shape index (κ1) is 10.5. The van der Waals surface area contributed by atoms with Crippen molar-refractivity contribution in [2.75, 3.05) is 0 Å². The molecule has 0 aromatic rings. The smallest absolute Gasteiger partial charge is 0.248 e. The second-order valence-electron chi connectivity index (χ2n) is 4.29. The minimum Gasteiger partial charge on any atom is -0.384 e. The fourth-order valence-electron chi connectivity index (χ4n) is 1.86. The number of rotatable bonds is 2. The molecule has 0 bridgehead atoms. The van der Waals surface area contributed by atoms with Gasteiger partial charge in [-0.1, -0.05) is 19.3 Å². The number of hydrogen-bond donors (Lipinski definition) is 2. The van der Waals surface area contributed by atoms with E-state index in [1.165, 1.54) is 26.2 Å². The highest BCUT2D eigenvalue weighted by Gasteiger charge is 2.29. The fraction of sp³-hybridized carbons (Fsp3) is 0.900. The molecule has 0 saturated heterocycles. The van der Waals surface area contributed by atoms with Gasteiger partial charge in [0.25, 0.3) is 0 Å². The van der Waals surface area contributed by atoms with Crippen molar-refractivity contribution in [1.82, 2.24) is 5.32 Å². The number of nitrogens with one attached hydrogen (secondary N) is 1. The molecule has 3 heteroatoms. The molecule has 1 aliphatic rings. The Morgan fingerprint density at radius 2 is 1.92 bits per heavy atom. The standard InChI is InChI=1S/C10H19NO2/c1-8(12)9(13)11-10(2)6-4-3-5-7-10/h8,12H,3-7H2,1-2H3,(H,11,13)/t8-/m1/s1. The average Bonchev–Trinajstić information content (AvgIpc) is 2.04. The summed E-state index contributed by atoms with van der Waals surface area (Å²) >= 11 is 0. The Labute approximate surface area is 79.5 Å². The summed E-state index contributed by atoms with van der Waals surface area (Å²) in [7, 11) is 0. The molecule has 0 radical (unpaired) electrons. The van der Waals surface area contributed by atoms with Gasteiger partial charge in [-0.25, -0.2) is 0 Å². The Bertz CT molecular complexity index is 183. The second kappa shape index (κ2) is 4.09. The third-order valence-electron chi connectivity index (χ3n) is 2.76. The minimum atomic E-state index is -0.890. The largest absolute Gasteiger partial charge is 0.384 e. The summed E-state index contributed by atoms with van der Waals surface area (Å²) in [5.41, 5.74) is -0.0771. The van der Waals surface area contributed by atoms with E-state index in [-0.39, 0.29) is 11.4 Å². The van der Waals surface area contributed by atoms with Gasteiger partial charge in [0, 0.05) is 5.54 Å². The minimum absolute atomic E-state index is 0.0771. The molecule has 0 aromatic heterocycles. The van der Waals surface area contributed by atoms with E-state index >= 15 is 0 Å². The molecule has 3 nitrogen and oxygen atoms in total. The van der Waals surface area contributed by atoms with Gasteiger partial charge in [0.1, 0.15) is 6.10 Å². The molecule has 76 valence electrons. The van der Waals surface area contributed by atoms with Crippen molar-refractivity contribution < 1.29 is 9.90 Å². The summed E-state index contributed by atoms with van der Waals surface area (Å²) in [5, 5.41) is 12.0. The quantitative estimate of drug-likeness (QED) is 0.679. The average molecular weight is 185 g/mol. The van der Waals surface area contributed by atoms with E-state index in [1.54, 1.807) is 0 Å². The van der Waals surface area contributed by atoms with E-state index in [9.17, 15) is 4.79 Å². The number of hydrogen-bond acceptors (Lipinski definition) is 2. The van der Waals surface area contributed by atoms with Crippen LogP contribution in [0, 0.1) is 0 Å². The lowest BCUT2D eigenvalue weighted by atomic mass is 9.83. The van der Waals surface area contributed by atoms with E-state index in [4.69, 9.17) is 5.11 Å². The number of carbonyl (C=O) groups excluding carboxylic acids is 1. The Kier molecular flexibility index (Phi) is 3.31. The molecule has 0 aliphatic heterocycles. The normalized spacial score (nSPS) is 23.6. The molecule has 0 spiro atoms. The number of aliphatic hydroxyl groups excluding tert-OH is 1. The summed E-state index contributed by atoms with van der Waals surface area (Å²) in [6, 6.07) is 0. The number of carbonyl (C=O) groups is 1. The predicted molar refractivity (Wildman–Crippen MR) is 51.3 cm³/mol. The maximum absolute atomic E-state index is 11.3. The lowest BCUT2D eigenvalue weighted by molar-refractivity contribution is -0.130. The van der Waals surface area contributed by atoms with Gasteiger partial charge < -0.3 is 10.4 Å². The molecular weight excluding hydrogens is 166 g/mol. The van der Waals surface area contributed by atoms with Crippen LogP contribution < -0.4 is 5.32 Å². The van der Waals surface area contributed by atoms with Crippen molar-refractivity contribution in [3.05, 3.63) is 0 Å². The van der Waals surface area contributed by atoms with E-state index in [2.05, 4.69) is 12.2 Å². The maximum Gasteiger partial charge on any atom is 0.248 e. The van der Waals surface area contributed by atoms with E-state index in [0.29, 0.717) is 0 Å². The second-order valence-corrected chi connectivity index (χ2v) is 4.29. The highest BCUT2D eigenvalue weighted by molar-refractivity contribution is 5.80. The summed E-state index contributed by atoms with van der Waals surface area (Å²) in [6.07, 6.45) is 4.79. The van der Waals surface area contributed by atoms with Crippen molar-refractivity contribution >= 4 is 5.91 Å². The maximum atomic E-state index is 11.3. The lowest BCUT2D eigenvalue weighted by Crippen LogP contribution is -2.50. The van der Waals surface area contributed by atoms with Gasteiger partial charge in [0.05, 0.1) is 0 Å². The van der Waals surface area contributed by atoms with E-state index in [1.807, 2.05) is 0 Å². The third-order valence-corrected chi connectivity index (χ3v) is 2.76. The molecular formula is C10H19NO2. The summed E-state index contributed by atoms with van der Waals surface area (Å²) in [5.74, 6) is -0.246. The van der Waals surface area contributed by atoms with Crippen LogP contribution in [0.3, 0.4) is 0 Å². The van der Waals surface area contributed by atoms with Crippen molar-refractivity contribution in [2.45, 2.75) is 57.6 Å². The zero-order valence-electron chi connectivity index (χ0n) is 8.47. The molecule has 1 atom stereocenters. The Balaban J connectivity index is 2.45. The zero-order valence-corrected chi connectivity index (χ0v) is 8.47. The van der Waals surface area contributed by atoms with Gasteiger partial charge >= 0.3 is 0 Å². The molecule has 1 amide bonds. The van der Waals surface area contributed by atoms with Gasteiger partial charge in [-0.15, -0.1) is 0 Å². The molecule has 1 fully saturated rings. The van der Waals surface area contributed by atoms with Crippen molar-refractivity contribution in [3.63, 3.8) is 0 Å². The molecule has 0 heterocycles. The monoisotopic (exact) mass is 185 g/mol. The Morgan fingerprint density at radius 1 is 1.38 bits per heavy atom. The highest BCUT2D eigenvalue weighted by atomic mass is 16.3. The first-order valence-corrected chi connectivity index (χ1v) is 5.04. The van der Waals surface area contributed by atoms with Crippen molar-refractivity contribution in [3.8, 4) is 0 Å². The molecule has 13 heavy (non-hydrogen) atoms. The molecule has 1 aliphatic carbocycles. The fourth-order valence-corrected chi connectivity index (χ4v) is 1.86. The van der Waals surface area contributed by atoms with Gasteiger partial charge in [0.15, 0.2) is 0 Å². The summed E-state index contributed by atoms with van der Waals surface area (Å²) in [4.78, 5) is 11.3. The Hall–Kier alpha value is -0.570. The van der Waals surface area contributed by atoms with Gasteiger partial charge in [-0.05, 0) is 26.7 Å². The van der Waals surface area contributed by atoms with Gasteiger partial charge in [-0.3, -0.25) is 4.79 Å². The van der Waals surface area contributed by atoms with Crippen LogP contribution in [0.1, 0.15) is 46.0 Å². The topological polar surface area (TPSA) is 49.3 Å². The highest BCUT2D eigenvalue weighted by Crippen LogP contribution is 2.27. The van der Waals surface area contributed by atoms with Gasteiger partial charge in [0.2, 0.25) is 5.91 Å². The predicted octanol–water partition coefficient (Wildman–Crippen LogP) is 1.21.